The van der Waals surface area contributed by atoms with Crippen molar-refractivity contribution in [2.45, 2.75) is 38.6 Å². The lowest BCUT2D eigenvalue weighted by Crippen LogP contribution is -2.52. The van der Waals surface area contributed by atoms with Crippen molar-refractivity contribution in [2.24, 2.45) is 5.92 Å². The van der Waals surface area contributed by atoms with Crippen molar-refractivity contribution in [3.8, 4) is 0 Å². The van der Waals surface area contributed by atoms with Crippen LogP contribution >= 0.6 is 0 Å². The monoisotopic (exact) mass is 225 g/mol. The zero-order chi connectivity index (χ0) is 11.5. The first-order valence-electron chi connectivity index (χ1n) is 6.15. The molecule has 2 rings (SSSR count). The molecule has 0 saturated carbocycles. The van der Waals surface area contributed by atoms with E-state index in [2.05, 4.69) is 4.90 Å². The molecule has 4 heteroatoms. The van der Waals surface area contributed by atoms with Gasteiger partial charge >= 0.3 is 5.97 Å². The normalized spacial score (nSPS) is 30.9. The van der Waals surface area contributed by atoms with Crippen LogP contribution in [0.3, 0.4) is 0 Å². The highest BCUT2D eigenvalue weighted by Crippen LogP contribution is 2.27. The van der Waals surface area contributed by atoms with E-state index in [0.717, 1.165) is 13.0 Å². The van der Waals surface area contributed by atoms with Crippen molar-refractivity contribution in [2.75, 3.05) is 19.7 Å². The van der Waals surface area contributed by atoms with E-state index in [1.165, 1.54) is 12.8 Å². The number of nitrogens with zero attached hydrogens (tertiary/aromatic N) is 1. The molecule has 4 nitrogen and oxygen atoms in total. The quantitative estimate of drug-likeness (QED) is 0.519. The van der Waals surface area contributed by atoms with Crippen LogP contribution in [0.1, 0.15) is 32.6 Å². The lowest BCUT2D eigenvalue weighted by Gasteiger charge is -2.40. The SMILES string of the molecule is CCOC(=O)C1CN2CCCCC2CC1=O. The molecule has 2 fully saturated rings. The molecule has 0 spiro atoms. The van der Waals surface area contributed by atoms with Crippen molar-refractivity contribution in [3.05, 3.63) is 0 Å². The highest BCUT2D eigenvalue weighted by Gasteiger charge is 2.39. The molecule has 2 aliphatic rings. The molecular formula is C12H19NO3. The fraction of sp³-hybridized carbons (Fsp3) is 0.833. The van der Waals surface area contributed by atoms with Crippen molar-refractivity contribution in [1.29, 1.82) is 0 Å². The fourth-order valence-corrected chi connectivity index (χ4v) is 2.69. The summed E-state index contributed by atoms with van der Waals surface area (Å²) in [4.78, 5) is 25.7. The summed E-state index contributed by atoms with van der Waals surface area (Å²) in [6, 6.07) is 0.381. The van der Waals surface area contributed by atoms with Gasteiger partial charge in [-0.05, 0) is 26.3 Å². The Labute approximate surface area is 95.9 Å². The molecule has 2 unspecified atom stereocenters. The molecule has 0 aromatic carbocycles. The summed E-state index contributed by atoms with van der Waals surface area (Å²) in [7, 11) is 0. The second-order valence-corrected chi connectivity index (χ2v) is 4.62. The van der Waals surface area contributed by atoms with Crippen LogP contribution in [-0.4, -0.2) is 42.4 Å². The number of Topliss-reactive ketones (excluding diaryl/α,β-unsaturated/α-hetero) is 1. The molecule has 2 atom stereocenters. The van der Waals surface area contributed by atoms with Crippen LogP contribution in [0.4, 0.5) is 0 Å². The Morgan fingerprint density at radius 1 is 1.50 bits per heavy atom. The minimum Gasteiger partial charge on any atom is -0.465 e. The van der Waals surface area contributed by atoms with Gasteiger partial charge in [0.25, 0.3) is 0 Å². The van der Waals surface area contributed by atoms with Gasteiger partial charge in [-0.15, -0.1) is 0 Å². The lowest BCUT2D eigenvalue weighted by molar-refractivity contribution is -0.155. The van der Waals surface area contributed by atoms with Gasteiger partial charge in [0, 0.05) is 19.0 Å². The second-order valence-electron chi connectivity index (χ2n) is 4.62. The van der Waals surface area contributed by atoms with Crippen LogP contribution in [0.5, 0.6) is 0 Å². The fourth-order valence-electron chi connectivity index (χ4n) is 2.69. The summed E-state index contributed by atoms with van der Waals surface area (Å²) in [6.07, 6.45) is 4.02. The number of esters is 1. The molecule has 0 aromatic rings. The van der Waals surface area contributed by atoms with Crippen LogP contribution in [0, 0.1) is 5.92 Å². The minimum absolute atomic E-state index is 0.0709. The average molecular weight is 225 g/mol. The van der Waals surface area contributed by atoms with Crippen LogP contribution in [0.25, 0.3) is 0 Å². The van der Waals surface area contributed by atoms with Gasteiger partial charge in [0.15, 0.2) is 0 Å². The summed E-state index contributed by atoms with van der Waals surface area (Å²) in [5.74, 6) is -0.799. The van der Waals surface area contributed by atoms with Crippen molar-refractivity contribution in [3.63, 3.8) is 0 Å². The van der Waals surface area contributed by atoms with Gasteiger partial charge in [-0.25, -0.2) is 0 Å². The first-order valence-corrected chi connectivity index (χ1v) is 6.15. The maximum Gasteiger partial charge on any atom is 0.317 e. The van der Waals surface area contributed by atoms with Crippen LogP contribution < -0.4 is 0 Å². The Morgan fingerprint density at radius 2 is 2.31 bits per heavy atom. The molecule has 16 heavy (non-hydrogen) atoms. The predicted octanol–water partition coefficient (Wildman–Crippen LogP) is 0.993. The van der Waals surface area contributed by atoms with Gasteiger partial charge in [0.05, 0.1) is 6.61 Å². The molecule has 90 valence electrons. The van der Waals surface area contributed by atoms with Gasteiger partial charge in [0.2, 0.25) is 0 Å². The summed E-state index contributed by atoms with van der Waals surface area (Å²) >= 11 is 0. The third-order valence-corrected chi connectivity index (χ3v) is 3.56. The lowest BCUT2D eigenvalue weighted by atomic mass is 9.86. The van der Waals surface area contributed by atoms with Gasteiger partial charge in [-0.2, -0.15) is 0 Å². The Hall–Kier alpha value is -0.900. The topological polar surface area (TPSA) is 46.6 Å². The van der Waals surface area contributed by atoms with Gasteiger partial charge in [0.1, 0.15) is 11.7 Å². The summed E-state index contributed by atoms with van der Waals surface area (Å²) < 4.78 is 4.95. The zero-order valence-electron chi connectivity index (χ0n) is 9.78. The first kappa shape index (κ1) is 11.6. The van der Waals surface area contributed by atoms with E-state index in [0.29, 0.717) is 25.6 Å². The molecule has 2 heterocycles. The van der Waals surface area contributed by atoms with E-state index in [9.17, 15) is 9.59 Å². The van der Waals surface area contributed by atoms with E-state index in [-0.39, 0.29) is 11.8 Å². The standard InChI is InChI=1S/C12H19NO3/c1-2-16-12(15)10-8-13-6-4-3-5-9(13)7-11(10)14/h9-10H,2-8H2,1H3. The first-order chi connectivity index (χ1) is 7.72. The van der Waals surface area contributed by atoms with Crippen LogP contribution in [0.2, 0.25) is 0 Å². The molecule has 0 amide bonds. The molecule has 2 aliphatic heterocycles. The number of ether oxygens (including phenoxy) is 1. The van der Waals surface area contributed by atoms with Crippen molar-refractivity contribution < 1.29 is 14.3 Å². The highest BCUT2D eigenvalue weighted by atomic mass is 16.5. The Balaban J connectivity index is 2.00. The summed E-state index contributed by atoms with van der Waals surface area (Å²) in [6.45, 7) is 3.72. The van der Waals surface area contributed by atoms with E-state index < -0.39 is 5.92 Å². The summed E-state index contributed by atoms with van der Waals surface area (Å²) in [5, 5.41) is 0. The maximum absolute atomic E-state index is 11.8. The van der Waals surface area contributed by atoms with E-state index in [1.54, 1.807) is 6.92 Å². The number of fused-ring (bicyclic) bond motifs is 1. The predicted molar refractivity (Wildman–Crippen MR) is 59.0 cm³/mol. The third kappa shape index (κ3) is 2.26. The molecule has 0 radical (unpaired) electrons. The second kappa shape index (κ2) is 4.95. The van der Waals surface area contributed by atoms with E-state index in [1.807, 2.05) is 0 Å². The van der Waals surface area contributed by atoms with Gasteiger partial charge in [-0.1, -0.05) is 6.42 Å². The number of carbonyl (C=O) groups excluding carboxylic acids is 2. The number of piperidine rings is 2. The number of ketones is 1. The van der Waals surface area contributed by atoms with E-state index in [4.69, 9.17) is 4.74 Å². The van der Waals surface area contributed by atoms with Crippen LogP contribution in [-0.2, 0) is 14.3 Å². The average Bonchev–Trinajstić information content (AvgIpc) is 2.28. The zero-order valence-corrected chi connectivity index (χ0v) is 9.78. The van der Waals surface area contributed by atoms with Crippen molar-refractivity contribution >= 4 is 11.8 Å². The minimum atomic E-state index is -0.533. The smallest absolute Gasteiger partial charge is 0.317 e. The Kier molecular flexibility index (Phi) is 3.59. The highest BCUT2D eigenvalue weighted by molar-refractivity contribution is 6.00. The third-order valence-electron chi connectivity index (χ3n) is 3.56. The molecule has 0 N–H and O–H groups in total. The molecule has 0 aromatic heterocycles. The molecule has 0 bridgehead atoms. The van der Waals surface area contributed by atoms with Crippen LogP contribution in [0.15, 0.2) is 0 Å². The number of hydrogen-bond acceptors (Lipinski definition) is 4. The Morgan fingerprint density at radius 3 is 3.06 bits per heavy atom. The maximum atomic E-state index is 11.8. The number of hydrogen-bond donors (Lipinski definition) is 0. The van der Waals surface area contributed by atoms with E-state index >= 15 is 0 Å². The van der Waals surface area contributed by atoms with Crippen molar-refractivity contribution in [1.82, 2.24) is 4.90 Å². The molecule has 0 aliphatic carbocycles. The van der Waals surface area contributed by atoms with Gasteiger partial charge in [-0.3, -0.25) is 14.5 Å². The van der Waals surface area contributed by atoms with Gasteiger partial charge < -0.3 is 4.74 Å². The Bertz CT molecular complexity index is 290. The number of carbonyl (C=O) groups is 2. The number of rotatable bonds is 2. The molecular weight excluding hydrogens is 206 g/mol. The molecule has 2 saturated heterocycles. The largest absolute Gasteiger partial charge is 0.465 e. The summed E-state index contributed by atoms with van der Waals surface area (Å²) in [5.41, 5.74) is 0.